The first-order chi connectivity index (χ1) is 4.58. The van der Waals surface area contributed by atoms with E-state index in [-0.39, 0.29) is 0 Å². The van der Waals surface area contributed by atoms with E-state index in [0.29, 0.717) is 12.8 Å². The molecule has 0 bridgehead atoms. The van der Waals surface area contributed by atoms with Gasteiger partial charge in [0.15, 0.2) is 0 Å². The molecule has 58 valence electrons. The first kappa shape index (κ1) is 7.60. The molecule has 0 radical (unpaired) electrons. The van der Waals surface area contributed by atoms with Gasteiger partial charge in [-0.05, 0) is 12.8 Å². The number of hydrogen-bond donors (Lipinski definition) is 1. The fourth-order valence-electron chi connectivity index (χ4n) is 0.745. The highest BCUT2D eigenvalue weighted by molar-refractivity contribution is 5.89. The molecule has 1 aliphatic rings. The Morgan fingerprint density at radius 1 is 1.60 bits per heavy atom. The number of ketones is 1. The maximum Gasteiger partial charge on any atom is 0.317 e. The Balaban J connectivity index is 2.52. The van der Waals surface area contributed by atoms with Crippen molar-refractivity contribution >= 4 is 5.78 Å². The lowest BCUT2D eigenvalue weighted by Gasteiger charge is -2.10. The maximum absolute atomic E-state index is 12.4. The minimum absolute atomic E-state index is 0.404. The first-order valence-corrected chi connectivity index (χ1v) is 3.20. The van der Waals surface area contributed by atoms with Crippen LogP contribution in [0.5, 0.6) is 0 Å². The molecule has 4 heteroatoms. The monoisotopic (exact) mass is 149 g/mol. The van der Waals surface area contributed by atoms with E-state index < -0.39 is 24.2 Å². The molecule has 0 amide bonds. The van der Waals surface area contributed by atoms with Gasteiger partial charge in [-0.1, -0.05) is 0 Å². The highest BCUT2D eigenvalue weighted by atomic mass is 19.3. The van der Waals surface area contributed by atoms with Gasteiger partial charge in [0.25, 0.3) is 0 Å². The lowest BCUT2D eigenvalue weighted by molar-refractivity contribution is -0.143. The average Bonchev–Trinajstić information content (AvgIpc) is 2.68. The molecule has 0 aromatic rings. The standard InChI is InChI=1S/C6H9F2NO/c7-6(8,3-9)5(10)4-1-2-4/h4H,1-3,9H2. The molecule has 0 aliphatic heterocycles. The summed E-state index contributed by atoms with van der Waals surface area (Å²) in [6.07, 6.45) is 1.21. The maximum atomic E-state index is 12.4. The van der Waals surface area contributed by atoms with Crippen molar-refractivity contribution in [3.63, 3.8) is 0 Å². The van der Waals surface area contributed by atoms with Crippen LogP contribution in [-0.2, 0) is 4.79 Å². The Bertz CT molecular complexity index is 154. The molecule has 1 saturated carbocycles. The van der Waals surface area contributed by atoms with E-state index in [2.05, 4.69) is 0 Å². The number of rotatable bonds is 3. The van der Waals surface area contributed by atoms with Crippen LogP contribution >= 0.6 is 0 Å². The van der Waals surface area contributed by atoms with Crippen LogP contribution in [0.2, 0.25) is 0 Å². The van der Waals surface area contributed by atoms with Gasteiger partial charge in [-0.15, -0.1) is 0 Å². The predicted octanol–water partition coefficient (Wildman–Crippen LogP) is 0.559. The van der Waals surface area contributed by atoms with Crippen LogP contribution in [0.15, 0.2) is 0 Å². The number of nitrogens with two attached hydrogens (primary N) is 1. The number of Topliss-reactive ketones (excluding diaryl/α,β-unsaturated/α-hetero) is 1. The normalized spacial score (nSPS) is 19.1. The third kappa shape index (κ3) is 1.31. The van der Waals surface area contributed by atoms with Gasteiger partial charge in [0.2, 0.25) is 5.78 Å². The number of hydrogen-bond acceptors (Lipinski definition) is 2. The van der Waals surface area contributed by atoms with E-state index in [0.717, 1.165) is 0 Å². The van der Waals surface area contributed by atoms with Gasteiger partial charge in [0.05, 0.1) is 6.54 Å². The molecule has 1 aliphatic carbocycles. The third-order valence-corrected chi connectivity index (χ3v) is 1.56. The van der Waals surface area contributed by atoms with E-state index in [1.54, 1.807) is 0 Å². The van der Waals surface area contributed by atoms with E-state index in [9.17, 15) is 13.6 Å². The summed E-state index contributed by atoms with van der Waals surface area (Å²) in [6, 6.07) is 0. The van der Waals surface area contributed by atoms with Gasteiger partial charge in [0, 0.05) is 5.92 Å². The lowest BCUT2D eigenvalue weighted by Crippen LogP contribution is -2.37. The summed E-state index contributed by atoms with van der Waals surface area (Å²) < 4.78 is 24.7. The van der Waals surface area contributed by atoms with E-state index >= 15 is 0 Å². The Hall–Kier alpha value is -0.510. The Labute approximate surface area is 57.4 Å². The van der Waals surface area contributed by atoms with Crippen molar-refractivity contribution in [3.05, 3.63) is 0 Å². The van der Waals surface area contributed by atoms with Crippen LogP contribution in [0.1, 0.15) is 12.8 Å². The molecular formula is C6H9F2NO. The van der Waals surface area contributed by atoms with Crippen molar-refractivity contribution in [2.75, 3.05) is 6.54 Å². The Morgan fingerprint density at radius 3 is 2.40 bits per heavy atom. The smallest absolute Gasteiger partial charge is 0.317 e. The largest absolute Gasteiger partial charge is 0.325 e. The van der Waals surface area contributed by atoms with Gasteiger partial charge >= 0.3 is 5.92 Å². The number of carbonyl (C=O) groups excluding carboxylic acids is 1. The molecule has 1 fully saturated rings. The second kappa shape index (κ2) is 2.27. The molecule has 2 N–H and O–H groups in total. The lowest BCUT2D eigenvalue weighted by atomic mass is 10.1. The van der Waals surface area contributed by atoms with Crippen LogP contribution in [0.3, 0.4) is 0 Å². The summed E-state index contributed by atoms with van der Waals surface area (Å²) in [4.78, 5) is 10.6. The molecule has 0 saturated heterocycles. The second-order valence-corrected chi connectivity index (χ2v) is 2.55. The van der Waals surface area contributed by atoms with Crippen LogP contribution in [-0.4, -0.2) is 18.3 Å². The molecule has 0 aromatic heterocycles. The van der Waals surface area contributed by atoms with Crippen LogP contribution in [0.25, 0.3) is 0 Å². The number of halogens is 2. The van der Waals surface area contributed by atoms with Crippen molar-refractivity contribution in [2.45, 2.75) is 18.8 Å². The SMILES string of the molecule is NCC(F)(F)C(=O)C1CC1. The van der Waals surface area contributed by atoms with Gasteiger partial charge < -0.3 is 5.73 Å². The summed E-state index contributed by atoms with van der Waals surface area (Å²) in [6.45, 7) is -0.859. The van der Waals surface area contributed by atoms with Crippen LogP contribution in [0, 0.1) is 5.92 Å². The summed E-state index contributed by atoms with van der Waals surface area (Å²) in [5.41, 5.74) is 4.70. The summed E-state index contributed by atoms with van der Waals surface area (Å²) in [5, 5.41) is 0. The summed E-state index contributed by atoms with van der Waals surface area (Å²) in [5.74, 6) is -4.66. The quantitative estimate of drug-likeness (QED) is 0.637. The van der Waals surface area contributed by atoms with E-state index in [1.807, 2.05) is 0 Å². The van der Waals surface area contributed by atoms with Crippen molar-refractivity contribution in [2.24, 2.45) is 11.7 Å². The Morgan fingerprint density at radius 2 is 2.10 bits per heavy atom. The minimum atomic E-state index is -3.28. The molecule has 0 heterocycles. The molecule has 1 rings (SSSR count). The van der Waals surface area contributed by atoms with Crippen molar-refractivity contribution in [1.82, 2.24) is 0 Å². The van der Waals surface area contributed by atoms with Crippen LogP contribution in [0.4, 0.5) is 8.78 Å². The average molecular weight is 149 g/mol. The number of carbonyl (C=O) groups is 1. The third-order valence-electron chi connectivity index (χ3n) is 1.56. The highest BCUT2D eigenvalue weighted by Crippen LogP contribution is 2.35. The molecular weight excluding hydrogens is 140 g/mol. The topological polar surface area (TPSA) is 43.1 Å². The predicted molar refractivity (Wildman–Crippen MR) is 31.7 cm³/mol. The minimum Gasteiger partial charge on any atom is -0.325 e. The van der Waals surface area contributed by atoms with Crippen molar-refractivity contribution in [3.8, 4) is 0 Å². The summed E-state index contributed by atoms with van der Waals surface area (Å²) in [7, 11) is 0. The van der Waals surface area contributed by atoms with E-state index in [1.165, 1.54) is 0 Å². The van der Waals surface area contributed by atoms with Crippen molar-refractivity contribution in [1.29, 1.82) is 0 Å². The molecule has 0 spiro atoms. The van der Waals surface area contributed by atoms with Crippen molar-refractivity contribution < 1.29 is 13.6 Å². The zero-order chi connectivity index (χ0) is 7.78. The van der Waals surface area contributed by atoms with Crippen LogP contribution < -0.4 is 5.73 Å². The van der Waals surface area contributed by atoms with Gasteiger partial charge in [-0.25, -0.2) is 0 Å². The Kier molecular flexibility index (Phi) is 1.72. The molecule has 2 nitrogen and oxygen atoms in total. The fourth-order valence-corrected chi connectivity index (χ4v) is 0.745. The van der Waals surface area contributed by atoms with Gasteiger partial charge in [-0.2, -0.15) is 8.78 Å². The highest BCUT2D eigenvalue weighted by Gasteiger charge is 2.45. The first-order valence-electron chi connectivity index (χ1n) is 3.20. The van der Waals surface area contributed by atoms with Gasteiger partial charge in [-0.3, -0.25) is 4.79 Å². The second-order valence-electron chi connectivity index (χ2n) is 2.55. The summed E-state index contributed by atoms with van der Waals surface area (Å²) >= 11 is 0. The molecule has 0 unspecified atom stereocenters. The molecule has 0 atom stereocenters. The molecule has 10 heavy (non-hydrogen) atoms. The fraction of sp³-hybridized carbons (Fsp3) is 0.833. The van der Waals surface area contributed by atoms with Gasteiger partial charge in [0.1, 0.15) is 0 Å². The number of alkyl halides is 2. The van der Waals surface area contributed by atoms with E-state index in [4.69, 9.17) is 5.73 Å². The zero-order valence-corrected chi connectivity index (χ0v) is 5.44. The molecule has 0 aromatic carbocycles. The zero-order valence-electron chi connectivity index (χ0n) is 5.44.